The first-order chi connectivity index (χ1) is 15.4. The Kier molecular flexibility index (Phi) is 8.64. The number of H-pyrrole nitrogens is 1. The first-order valence-electron chi connectivity index (χ1n) is 11.1. The van der Waals surface area contributed by atoms with E-state index in [9.17, 15) is 14.4 Å². The molecule has 0 radical (unpaired) electrons. The van der Waals surface area contributed by atoms with Gasteiger partial charge in [-0.2, -0.15) is 0 Å². The van der Waals surface area contributed by atoms with E-state index in [0.717, 1.165) is 67.0 Å². The van der Waals surface area contributed by atoms with Gasteiger partial charge in [0.05, 0.1) is 19.6 Å². The number of hydrazine groups is 1. The van der Waals surface area contributed by atoms with Crippen LogP contribution in [0.2, 0.25) is 0 Å². The highest BCUT2D eigenvalue weighted by atomic mass is 16.5. The lowest BCUT2D eigenvalue weighted by molar-refractivity contribution is -0.130. The number of carbonyl (C=O) groups is 3. The van der Waals surface area contributed by atoms with Crippen LogP contribution in [0.25, 0.3) is 10.9 Å². The maximum absolute atomic E-state index is 12.3. The summed E-state index contributed by atoms with van der Waals surface area (Å²) in [5.41, 5.74) is 8.77. The van der Waals surface area contributed by atoms with Gasteiger partial charge >= 0.3 is 0 Å². The number of nitrogens with zero attached hydrogens (tertiary/aromatic N) is 1. The summed E-state index contributed by atoms with van der Waals surface area (Å²) in [5, 5.41) is 3.84. The predicted molar refractivity (Wildman–Crippen MR) is 122 cm³/mol. The van der Waals surface area contributed by atoms with Gasteiger partial charge in [0.25, 0.3) is 0 Å². The van der Waals surface area contributed by atoms with E-state index in [4.69, 9.17) is 4.74 Å². The van der Waals surface area contributed by atoms with Crippen molar-refractivity contribution in [2.45, 2.75) is 39.5 Å². The average molecular weight is 444 g/mol. The number of fused-ring (bicyclic) bond motifs is 1. The summed E-state index contributed by atoms with van der Waals surface area (Å²) in [4.78, 5) is 41.8. The first-order valence-corrected chi connectivity index (χ1v) is 11.1. The molecule has 0 atom stereocenters. The highest BCUT2D eigenvalue weighted by Crippen LogP contribution is 2.23. The molecule has 0 aliphatic carbocycles. The molecule has 0 saturated carbocycles. The number of amides is 3. The lowest BCUT2D eigenvalue weighted by atomic mass is 10.1. The third kappa shape index (κ3) is 7.06. The van der Waals surface area contributed by atoms with Gasteiger partial charge in [-0.15, -0.1) is 0 Å². The van der Waals surface area contributed by atoms with E-state index in [2.05, 4.69) is 26.1 Å². The molecule has 9 heteroatoms. The normalized spacial score (nSPS) is 14.3. The zero-order valence-electron chi connectivity index (χ0n) is 18.9. The zero-order valence-corrected chi connectivity index (χ0v) is 18.9. The molecule has 9 nitrogen and oxygen atoms in total. The van der Waals surface area contributed by atoms with Crippen LogP contribution in [0.5, 0.6) is 0 Å². The predicted octanol–water partition coefficient (Wildman–Crippen LogP) is 1.09. The van der Waals surface area contributed by atoms with Crippen LogP contribution in [-0.2, 0) is 25.5 Å². The van der Waals surface area contributed by atoms with Crippen LogP contribution in [0.4, 0.5) is 0 Å². The van der Waals surface area contributed by atoms with E-state index in [1.54, 1.807) is 0 Å². The molecule has 1 fully saturated rings. The highest BCUT2D eigenvalue weighted by molar-refractivity contribution is 5.91. The summed E-state index contributed by atoms with van der Waals surface area (Å²) in [6.45, 7) is 8.82. The molecule has 2 aromatic rings. The monoisotopic (exact) mass is 443 g/mol. The molecule has 1 saturated heterocycles. The number of benzene rings is 1. The number of ether oxygens (including phenoxy) is 1. The van der Waals surface area contributed by atoms with E-state index in [-0.39, 0.29) is 31.1 Å². The molecule has 4 N–H and O–H groups in total. The first kappa shape index (κ1) is 23.7. The van der Waals surface area contributed by atoms with Crippen LogP contribution in [0, 0.1) is 13.8 Å². The number of aryl methyl sites for hydroxylation is 2. The Bertz CT molecular complexity index is 949. The second-order valence-corrected chi connectivity index (χ2v) is 8.21. The van der Waals surface area contributed by atoms with E-state index in [1.165, 1.54) is 0 Å². The van der Waals surface area contributed by atoms with E-state index in [0.29, 0.717) is 6.54 Å². The van der Waals surface area contributed by atoms with Crippen LogP contribution in [0.3, 0.4) is 0 Å². The van der Waals surface area contributed by atoms with E-state index < -0.39 is 5.91 Å². The molecule has 1 aliphatic heterocycles. The summed E-state index contributed by atoms with van der Waals surface area (Å²) in [6, 6.07) is 6.05. The SMILES string of the molecule is Cc1ccc2[nH]c(C)c(CC(=O)NNC(=O)CCC(=O)NCCCN3CCOCC3)c2c1. The van der Waals surface area contributed by atoms with Crippen LogP contribution in [-0.4, -0.2) is 67.0 Å². The minimum Gasteiger partial charge on any atom is -0.379 e. The second-order valence-electron chi connectivity index (χ2n) is 8.21. The van der Waals surface area contributed by atoms with Crippen LogP contribution in [0.15, 0.2) is 18.2 Å². The van der Waals surface area contributed by atoms with Gasteiger partial charge < -0.3 is 15.0 Å². The molecule has 3 rings (SSSR count). The highest BCUT2D eigenvalue weighted by Gasteiger charge is 2.14. The molecular weight excluding hydrogens is 410 g/mol. The number of aromatic amines is 1. The summed E-state index contributed by atoms with van der Waals surface area (Å²) in [5.74, 6) is -0.872. The molecule has 0 spiro atoms. The maximum atomic E-state index is 12.3. The number of nitrogens with one attached hydrogen (secondary N) is 4. The third-order valence-corrected chi connectivity index (χ3v) is 5.61. The maximum Gasteiger partial charge on any atom is 0.242 e. The fourth-order valence-electron chi connectivity index (χ4n) is 3.80. The number of morpholine rings is 1. The fraction of sp³-hybridized carbons (Fsp3) is 0.522. The Morgan fingerprint density at radius 3 is 2.53 bits per heavy atom. The standard InChI is InChI=1S/C23H33N5O4/c1-16-4-5-20-19(14-16)18(17(2)25-20)15-23(31)27-26-22(30)7-6-21(29)24-8-3-9-28-10-12-32-13-11-28/h4-5,14,25H,3,6-13,15H2,1-2H3,(H,24,29)(H,26,30)(H,27,31). The Morgan fingerprint density at radius 2 is 1.75 bits per heavy atom. The number of hydrogen-bond donors (Lipinski definition) is 4. The van der Waals surface area contributed by atoms with Crippen molar-refractivity contribution >= 4 is 28.6 Å². The second kappa shape index (κ2) is 11.6. The molecule has 3 amide bonds. The Morgan fingerprint density at radius 1 is 1.03 bits per heavy atom. The molecule has 2 heterocycles. The van der Waals surface area contributed by atoms with E-state index >= 15 is 0 Å². The minimum absolute atomic E-state index is 0.0148. The quantitative estimate of drug-likeness (QED) is 0.342. The molecular formula is C23H33N5O4. The van der Waals surface area contributed by atoms with Crippen molar-refractivity contribution in [1.29, 1.82) is 0 Å². The summed E-state index contributed by atoms with van der Waals surface area (Å²) >= 11 is 0. The van der Waals surface area contributed by atoms with Crippen molar-refractivity contribution in [3.63, 3.8) is 0 Å². The van der Waals surface area contributed by atoms with Gasteiger partial charge in [0.15, 0.2) is 0 Å². The number of aromatic nitrogens is 1. The Hall–Kier alpha value is -2.91. The summed E-state index contributed by atoms with van der Waals surface area (Å²) in [7, 11) is 0. The van der Waals surface area contributed by atoms with Crippen molar-refractivity contribution < 1.29 is 19.1 Å². The van der Waals surface area contributed by atoms with Gasteiger partial charge in [0, 0.05) is 49.1 Å². The minimum atomic E-state index is -0.395. The molecule has 0 unspecified atom stereocenters. The average Bonchev–Trinajstić information content (AvgIpc) is 3.09. The zero-order chi connectivity index (χ0) is 22.9. The van der Waals surface area contributed by atoms with Crippen molar-refractivity contribution in [3.8, 4) is 0 Å². The van der Waals surface area contributed by atoms with Gasteiger partial charge in [-0.05, 0) is 44.5 Å². The molecule has 1 aliphatic rings. The number of rotatable bonds is 9. The Balaban J connectivity index is 1.31. The van der Waals surface area contributed by atoms with Gasteiger partial charge in [-0.3, -0.25) is 30.1 Å². The fourth-order valence-corrected chi connectivity index (χ4v) is 3.80. The lowest BCUT2D eigenvalue weighted by Crippen LogP contribution is -2.42. The molecule has 174 valence electrons. The number of carbonyl (C=O) groups excluding carboxylic acids is 3. The third-order valence-electron chi connectivity index (χ3n) is 5.61. The van der Waals surface area contributed by atoms with Crippen molar-refractivity contribution in [2.75, 3.05) is 39.4 Å². The Labute approximate surface area is 188 Å². The molecule has 0 bridgehead atoms. The van der Waals surface area contributed by atoms with Gasteiger partial charge in [0.2, 0.25) is 17.7 Å². The molecule has 1 aromatic carbocycles. The van der Waals surface area contributed by atoms with Crippen molar-refractivity contribution in [2.24, 2.45) is 0 Å². The molecule has 1 aromatic heterocycles. The van der Waals surface area contributed by atoms with Gasteiger partial charge in [-0.1, -0.05) is 11.6 Å². The van der Waals surface area contributed by atoms with Gasteiger partial charge in [0.1, 0.15) is 0 Å². The topological polar surface area (TPSA) is 116 Å². The van der Waals surface area contributed by atoms with Crippen LogP contribution < -0.4 is 16.2 Å². The van der Waals surface area contributed by atoms with Crippen LogP contribution >= 0.6 is 0 Å². The number of hydrogen-bond acceptors (Lipinski definition) is 5. The van der Waals surface area contributed by atoms with Gasteiger partial charge in [-0.25, -0.2) is 0 Å². The van der Waals surface area contributed by atoms with Crippen molar-refractivity contribution in [1.82, 2.24) is 26.1 Å². The summed E-state index contributed by atoms with van der Waals surface area (Å²) < 4.78 is 5.31. The van der Waals surface area contributed by atoms with Crippen LogP contribution in [0.1, 0.15) is 36.1 Å². The molecule has 32 heavy (non-hydrogen) atoms. The lowest BCUT2D eigenvalue weighted by Gasteiger charge is -2.26. The van der Waals surface area contributed by atoms with E-state index in [1.807, 2.05) is 32.0 Å². The smallest absolute Gasteiger partial charge is 0.242 e. The largest absolute Gasteiger partial charge is 0.379 e. The summed E-state index contributed by atoms with van der Waals surface area (Å²) in [6.07, 6.45) is 1.11. The van der Waals surface area contributed by atoms with Crippen molar-refractivity contribution in [3.05, 3.63) is 35.0 Å².